The maximum Gasteiger partial charge on any atom is 0.242 e. The predicted molar refractivity (Wildman–Crippen MR) is 134 cm³/mol. The number of carbonyl (C=O) groups is 2. The van der Waals surface area contributed by atoms with Crippen LogP contribution in [-0.2, 0) is 33.8 Å². The number of halogens is 1. The summed E-state index contributed by atoms with van der Waals surface area (Å²) < 4.78 is 24.9. The van der Waals surface area contributed by atoms with Crippen molar-refractivity contribution in [2.75, 3.05) is 19.7 Å². The van der Waals surface area contributed by atoms with Gasteiger partial charge in [0.2, 0.25) is 11.8 Å². The highest BCUT2D eigenvalue weighted by atomic mass is 19.1. The molecule has 1 aliphatic rings. The lowest BCUT2D eigenvalue weighted by Gasteiger charge is -2.29. The number of furan rings is 1. The van der Waals surface area contributed by atoms with Gasteiger partial charge in [0.1, 0.15) is 17.3 Å². The Labute approximate surface area is 211 Å². The molecule has 0 aliphatic carbocycles. The summed E-state index contributed by atoms with van der Waals surface area (Å²) in [5.74, 6) is 0.821. The number of amides is 2. The van der Waals surface area contributed by atoms with Gasteiger partial charge in [-0.05, 0) is 61.6 Å². The molecule has 0 bridgehead atoms. The van der Waals surface area contributed by atoms with Crippen LogP contribution in [0.1, 0.15) is 41.9 Å². The quantitative estimate of drug-likeness (QED) is 0.382. The molecule has 7 heteroatoms. The second-order valence-corrected chi connectivity index (χ2v) is 9.28. The first-order valence-electron chi connectivity index (χ1n) is 12.5. The zero-order chi connectivity index (χ0) is 25.3. The summed E-state index contributed by atoms with van der Waals surface area (Å²) in [6, 6.07) is 19.6. The fourth-order valence-electron chi connectivity index (χ4n) is 4.41. The highest BCUT2D eigenvalue weighted by Gasteiger charge is 2.26. The van der Waals surface area contributed by atoms with Crippen LogP contribution in [0.3, 0.4) is 0 Å². The Kier molecular flexibility index (Phi) is 8.90. The van der Waals surface area contributed by atoms with Gasteiger partial charge in [0.25, 0.3) is 0 Å². The standard InChI is InChI=1S/C29H33FN2O4/c1-22-9-15-27(36-22)20-31(18-24-10-13-25(30)14-11-24)29(34)21-32(19-26-8-5-17-35-26)28(33)16-12-23-6-3-2-4-7-23/h2-4,6-7,9-11,13-15,26H,5,8,12,16-21H2,1H3. The number of ether oxygens (including phenoxy) is 1. The van der Waals surface area contributed by atoms with Crippen molar-refractivity contribution in [2.24, 2.45) is 0 Å². The second-order valence-electron chi connectivity index (χ2n) is 9.28. The van der Waals surface area contributed by atoms with E-state index in [2.05, 4.69) is 0 Å². The SMILES string of the molecule is Cc1ccc(CN(Cc2ccc(F)cc2)C(=O)CN(CC2CCCO2)C(=O)CCc2ccccc2)o1. The number of hydrogen-bond donors (Lipinski definition) is 0. The number of benzene rings is 2. The number of carbonyl (C=O) groups excluding carboxylic acids is 2. The van der Waals surface area contributed by atoms with E-state index in [9.17, 15) is 14.0 Å². The minimum absolute atomic E-state index is 0.0473. The van der Waals surface area contributed by atoms with Crippen molar-refractivity contribution in [1.82, 2.24) is 9.80 Å². The normalized spacial score (nSPS) is 15.1. The van der Waals surface area contributed by atoms with E-state index in [0.717, 1.165) is 29.7 Å². The Morgan fingerprint density at radius 1 is 0.917 bits per heavy atom. The van der Waals surface area contributed by atoms with Crippen molar-refractivity contribution in [3.63, 3.8) is 0 Å². The minimum Gasteiger partial charge on any atom is -0.464 e. The molecule has 2 heterocycles. The van der Waals surface area contributed by atoms with Crippen molar-refractivity contribution in [1.29, 1.82) is 0 Å². The van der Waals surface area contributed by atoms with Crippen LogP contribution in [0.15, 0.2) is 71.1 Å². The van der Waals surface area contributed by atoms with Crippen LogP contribution in [0.4, 0.5) is 4.39 Å². The van der Waals surface area contributed by atoms with E-state index in [1.54, 1.807) is 21.9 Å². The lowest BCUT2D eigenvalue weighted by Crippen LogP contribution is -2.45. The summed E-state index contributed by atoms with van der Waals surface area (Å²) in [5.41, 5.74) is 1.88. The molecule has 1 fully saturated rings. The van der Waals surface area contributed by atoms with Crippen molar-refractivity contribution in [3.05, 3.63) is 95.2 Å². The third-order valence-corrected chi connectivity index (χ3v) is 6.38. The molecule has 6 nitrogen and oxygen atoms in total. The summed E-state index contributed by atoms with van der Waals surface area (Å²) in [6.07, 6.45) is 2.71. The van der Waals surface area contributed by atoms with Crippen LogP contribution in [0.2, 0.25) is 0 Å². The van der Waals surface area contributed by atoms with Crippen LogP contribution < -0.4 is 0 Å². The van der Waals surface area contributed by atoms with Gasteiger partial charge in [-0.1, -0.05) is 42.5 Å². The van der Waals surface area contributed by atoms with Gasteiger partial charge in [-0.15, -0.1) is 0 Å². The highest BCUT2D eigenvalue weighted by molar-refractivity contribution is 5.85. The highest BCUT2D eigenvalue weighted by Crippen LogP contribution is 2.17. The van der Waals surface area contributed by atoms with Gasteiger partial charge in [-0.3, -0.25) is 9.59 Å². The monoisotopic (exact) mass is 492 g/mol. The van der Waals surface area contributed by atoms with Crippen LogP contribution in [0, 0.1) is 12.7 Å². The molecule has 1 atom stereocenters. The maximum atomic E-state index is 13.6. The van der Waals surface area contributed by atoms with Gasteiger partial charge in [0.15, 0.2) is 0 Å². The van der Waals surface area contributed by atoms with E-state index < -0.39 is 0 Å². The molecule has 2 aromatic carbocycles. The van der Waals surface area contributed by atoms with Gasteiger partial charge in [0.05, 0.1) is 19.2 Å². The van der Waals surface area contributed by atoms with Gasteiger partial charge >= 0.3 is 0 Å². The summed E-state index contributed by atoms with van der Waals surface area (Å²) >= 11 is 0. The molecule has 0 N–H and O–H groups in total. The first kappa shape index (κ1) is 25.6. The number of hydrogen-bond acceptors (Lipinski definition) is 4. The molecule has 1 aromatic heterocycles. The molecule has 1 unspecified atom stereocenters. The lowest BCUT2D eigenvalue weighted by atomic mass is 10.1. The molecule has 4 rings (SSSR count). The summed E-state index contributed by atoms with van der Waals surface area (Å²) in [7, 11) is 0. The van der Waals surface area contributed by atoms with E-state index in [-0.39, 0.29) is 43.4 Å². The topological polar surface area (TPSA) is 63.0 Å². The van der Waals surface area contributed by atoms with Crippen molar-refractivity contribution in [2.45, 2.75) is 51.8 Å². The second kappa shape index (κ2) is 12.5. The molecular formula is C29H33FN2O4. The molecule has 3 aromatic rings. The Hall–Kier alpha value is -3.45. The van der Waals surface area contributed by atoms with E-state index in [0.29, 0.717) is 31.8 Å². The van der Waals surface area contributed by atoms with E-state index in [1.165, 1.54) is 12.1 Å². The Bertz CT molecular complexity index is 1120. The number of aryl methyl sites for hydroxylation is 2. The molecule has 1 saturated heterocycles. The average molecular weight is 493 g/mol. The molecule has 0 spiro atoms. The minimum atomic E-state index is -0.329. The molecule has 36 heavy (non-hydrogen) atoms. The molecule has 0 saturated carbocycles. The number of nitrogens with zero attached hydrogens (tertiary/aromatic N) is 2. The zero-order valence-electron chi connectivity index (χ0n) is 20.7. The van der Waals surface area contributed by atoms with Crippen molar-refractivity contribution >= 4 is 11.8 Å². The van der Waals surface area contributed by atoms with Crippen molar-refractivity contribution in [3.8, 4) is 0 Å². The third-order valence-electron chi connectivity index (χ3n) is 6.38. The smallest absolute Gasteiger partial charge is 0.242 e. The average Bonchev–Trinajstić information content (AvgIpc) is 3.55. The van der Waals surface area contributed by atoms with Gasteiger partial charge in [-0.2, -0.15) is 0 Å². The van der Waals surface area contributed by atoms with Gasteiger partial charge in [-0.25, -0.2) is 4.39 Å². The Morgan fingerprint density at radius 3 is 2.36 bits per heavy atom. The van der Waals surface area contributed by atoms with Gasteiger partial charge < -0.3 is 19.0 Å². The maximum absolute atomic E-state index is 13.6. The molecule has 0 radical (unpaired) electrons. The molecule has 2 amide bonds. The Balaban J connectivity index is 1.48. The fourth-order valence-corrected chi connectivity index (χ4v) is 4.41. The van der Waals surface area contributed by atoms with Crippen LogP contribution in [0.25, 0.3) is 0 Å². The first-order valence-corrected chi connectivity index (χ1v) is 12.5. The first-order chi connectivity index (χ1) is 17.5. The van der Waals surface area contributed by atoms with Crippen molar-refractivity contribution < 1.29 is 23.1 Å². The summed E-state index contributed by atoms with van der Waals surface area (Å²) in [6.45, 7) is 3.42. The van der Waals surface area contributed by atoms with Crippen LogP contribution in [0.5, 0.6) is 0 Å². The van der Waals surface area contributed by atoms with E-state index in [1.807, 2.05) is 49.4 Å². The molecule has 1 aliphatic heterocycles. The molecular weight excluding hydrogens is 459 g/mol. The Morgan fingerprint density at radius 2 is 1.69 bits per heavy atom. The van der Waals surface area contributed by atoms with E-state index in [4.69, 9.17) is 9.15 Å². The lowest BCUT2D eigenvalue weighted by molar-refractivity contribution is -0.142. The molecule has 190 valence electrons. The third kappa shape index (κ3) is 7.52. The van der Waals surface area contributed by atoms with Crippen LogP contribution in [-0.4, -0.2) is 47.4 Å². The summed E-state index contributed by atoms with van der Waals surface area (Å²) in [4.78, 5) is 30.1. The van der Waals surface area contributed by atoms with Gasteiger partial charge in [0, 0.05) is 26.1 Å². The predicted octanol–water partition coefficient (Wildman–Crippen LogP) is 4.90. The zero-order valence-corrected chi connectivity index (χ0v) is 20.7. The van der Waals surface area contributed by atoms with E-state index >= 15 is 0 Å². The summed E-state index contributed by atoms with van der Waals surface area (Å²) in [5, 5.41) is 0. The fraction of sp³-hybridized carbons (Fsp3) is 0.379. The van der Waals surface area contributed by atoms with Crippen LogP contribution >= 0.6 is 0 Å². The largest absolute Gasteiger partial charge is 0.464 e. The number of rotatable bonds is 11.